The molecule has 0 N–H and O–H groups in total. The number of benzene rings is 1. The van der Waals surface area contributed by atoms with E-state index in [1.165, 1.54) is 11.3 Å². The molecule has 0 aromatic heterocycles. The van der Waals surface area contributed by atoms with Gasteiger partial charge in [0, 0.05) is 18.2 Å². The molecule has 4 atom stereocenters. The predicted molar refractivity (Wildman–Crippen MR) is 72.8 cm³/mol. The van der Waals surface area contributed by atoms with Crippen LogP contribution in [0.2, 0.25) is 0 Å². The molecule has 94 valence electrons. The van der Waals surface area contributed by atoms with Crippen LogP contribution in [-0.4, -0.2) is 24.8 Å². The van der Waals surface area contributed by atoms with Gasteiger partial charge in [0.05, 0.1) is 12.6 Å². The van der Waals surface area contributed by atoms with Crippen molar-refractivity contribution >= 4 is 5.69 Å². The van der Waals surface area contributed by atoms with E-state index in [1.54, 1.807) is 0 Å². The molecule has 0 aliphatic carbocycles. The number of ether oxygens (including phenoxy) is 1. The summed E-state index contributed by atoms with van der Waals surface area (Å²) in [5.74, 6) is 1.32. The van der Waals surface area contributed by atoms with Crippen molar-refractivity contribution in [3.05, 3.63) is 42.0 Å². The molecule has 2 fully saturated rings. The van der Waals surface area contributed by atoms with Gasteiger partial charge in [-0.3, -0.25) is 0 Å². The van der Waals surface area contributed by atoms with E-state index in [1.807, 2.05) is 0 Å². The molecule has 2 bridgehead atoms. The van der Waals surface area contributed by atoms with Crippen molar-refractivity contribution < 1.29 is 4.74 Å². The Balaban J connectivity index is 1.64. The molecular formula is C16H19NO. The van der Waals surface area contributed by atoms with Crippen LogP contribution >= 0.6 is 0 Å². The van der Waals surface area contributed by atoms with E-state index in [0.29, 0.717) is 17.9 Å². The third kappa shape index (κ3) is 1.27. The van der Waals surface area contributed by atoms with E-state index in [0.717, 1.165) is 13.1 Å². The fraction of sp³-hybridized carbons (Fsp3) is 0.500. The first-order valence-corrected chi connectivity index (χ1v) is 6.87. The van der Waals surface area contributed by atoms with Crippen LogP contribution in [0.4, 0.5) is 5.69 Å². The van der Waals surface area contributed by atoms with Crippen molar-refractivity contribution in [2.75, 3.05) is 18.0 Å². The second-order valence-corrected chi connectivity index (χ2v) is 6.08. The minimum atomic E-state index is 0.00890. The zero-order chi connectivity index (χ0) is 12.3. The normalized spacial score (nSPS) is 40.6. The Bertz CT molecular complexity index is 506. The number of hydrogen-bond donors (Lipinski definition) is 0. The maximum atomic E-state index is 6.22. The molecule has 18 heavy (non-hydrogen) atoms. The van der Waals surface area contributed by atoms with Crippen LogP contribution in [0.3, 0.4) is 0 Å². The zero-order valence-electron chi connectivity index (χ0n) is 11.0. The average Bonchev–Trinajstić information content (AvgIpc) is 3.01. The van der Waals surface area contributed by atoms with E-state index in [9.17, 15) is 0 Å². The lowest BCUT2D eigenvalue weighted by molar-refractivity contribution is 0.0330. The highest BCUT2D eigenvalue weighted by molar-refractivity contribution is 5.51. The number of aryl methyl sites for hydroxylation is 1. The van der Waals surface area contributed by atoms with E-state index in [4.69, 9.17) is 4.74 Å². The summed E-state index contributed by atoms with van der Waals surface area (Å²) in [6, 6.07) is 8.85. The lowest BCUT2D eigenvalue weighted by Crippen LogP contribution is -2.34. The van der Waals surface area contributed by atoms with E-state index in [2.05, 4.69) is 55.2 Å². The third-order valence-electron chi connectivity index (χ3n) is 4.96. The number of nitrogens with zero attached hydrogens (tertiary/aromatic N) is 1. The summed E-state index contributed by atoms with van der Waals surface area (Å²) in [5, 5.41) is 0. The van der Waals surface area contributed by atoms with Gasteiger partial charge in [0.1, 0.15) is 5.60 Å². The molecule has 0 unspecified atom stereocenters. The molecule has 1 aromatic carbocycles. The van der Waals surface area contributed by atoms with Gasteiger partial charge >= 0.3 is 0 Å². The van der Waals surface area contributed by atoms with Gasteiger partial charge in [-0.05, 0) is 25.0 Å². The minimum Gasteiger partial charge on any atom is -0.368 e. The lowest BCUT2D eigenvalue weighted by Gasteiger charge is -2.23. The van der Waals surface area contributed by atoms with Gasteiger partial charge < -0.3 is 9.64 Å². The van der Waals surface area contributed by atoms with Crippen molar-refractivity contribution in [2.45, 2.75) is 25.6 Å². The van der Waals surface area contributed by atoms with Crippen LogP contribution in [-0.2, 0) is 4.74 Å². The quantitative estimate of drug-likeness (QED) is 0.701. The molecule has 3 heterocycles. The largest absolute Gasteiger partial charge is 0.368 e. The van der Waals surface area contributed by atoms with Crippen LogP contribution < -0.4 is 4.90 Å². The van der Waals surface area contributed by atoms with Gasteiger partial charge in [-0.15, -0.1) is 0 Å². The highest BCUT2D eigenvalue weighted by Gasteiger charge is 2.59. The first kappa shape index (κ1) is 10.6. The molecule has 0 radical (unpaired) electrons. The molecule has 2 saturated heterocycles. The molecule has 1 aromatic rings. The van der Waals surface area contributed by atoms with Crippen molar-refractivity contribution in [1.82, 2.24) is 0 Å². The predicted octanol–water partition coefficient (Wildman–Crippen LogP) is 2.77. The standard InChI is InChI=1S/C16H19NO/c1-11-3-5-13(6-4-11)17-9-14-12(2)15-7-8-16(14,10-17)18-15/h3-8,12,14-15H,9-10H2,1-2H3/t12-,14-,15-,16-/m1/s1. The first-order chi connectivity index (χ1) is 8.68. The summed E-state index contributed by atoms with van der Waals surface area (Å²) in [5.41, 5.74) is 2.66. The SMILES string of the molecule is Cc1ccc(N2C[C@@H]3[C@@H](C)[C@H]4C=C[C@]3(C2)O4)cc1. The Labute approximate surface area is 108 Å². The number of anilines is 1. The van der Waals surface area contributed by atoms with Gasteiger partial charge in [-0.1, -0.05) is 36.8 Å². The van der Waals surface area contributed by atoms with E-state index in [-0.39, 0.29) is 5.60 Å². The monoisotopic (exact) mass is 241 g/mol. The van der Waals surface area contributed by atoms with Gasteiger partial charge in [0.15, 0.2) is 0 Å². The number of fused-ring (bicyclic) bond motifs is 1. The fourth-order valence-electron chi connectivity index (χ4n) is 3.84. The highest BCUT2D eigenvalue weighted by atomic mass is 16.5. The molecule has 2 nitrogen and oxygen atoms in total. The Morgan fingerprint density at radius 2 is 2.06 bits per heavy atom. The molecular weight excluding hydrogens is 222 g/mol. The maximum absolute atomic E-state index is 6.22. The van der Waals surface area contributed by atoms with Crippen LogP contribution in [0.5, 0.6) is 0 Å². The maximum Gasteiger partial charge on any atom is 0.109 e. The van der Waals surface area contributed by atoms with Gasteiger partial charge in [0.25, 0.3) is 0 Å². The van der Waals surface area contributed by atoms with E-state index < -0.39 is 0 Å². The minimum absolute atomic E-state index is 0.00890. The summed E-state index contributed by atoms with van der Waals surface area (Å²) in [4.78, 5) is 2.48. The van der Waals surface area contributed by atoms with Crippen LogP contribution in [0.1, 0.15) is 12.5 Å². The molecule has 1 spiro atoms. The smallest absolute Gasteiger partial charge is 0.109 e. The van der Waals surface area contributed by atoms with Gasteiger partial charge in [-0.25, -0.2) is 0 Å². The van der Waals surface area contributed by atoms with Gasteiger partial charge in [-0.2, -0.15) is 0 Å². The fourth-order valence-corrected chi connectivity index (χ4v) is 3.84. The van der Waals surface area contributed by atoms with Crippen LogP contribution in [0.15, 0.2) is 36.4 Å². The van der Waals surface area contributed by atoms with Crippen LogP contribution in [0.25, 0.3) is 0 Å². The molecule has 0 saturated carbocycles. The summed E-state index contributed by atoms with van der Waals surface area (Å²) in [6.07, 6.45) is 4.95. The highest BCUT2D eigenvalue weighted by Crippen LogP contribution is 2.51. The molecule has 3 aliphatic heterocycles. The Hall–Kier alpha value is -1.28. The lowest BCUT2D eigenvalue weighted by atomic mass is 9.79. The second kappa shape index (κ2) is 3.39. The molecule has 2 heteroatoms. The van der Waals surface area contributed by atoms with Gasteiger partial charge in [0.2, 0.25) is 0 Å². The summed E-state index contributed by atoms with van der Waals surface area (Å²) >= 11 is 0. The number of rotatable bonds is 1. The molecule has 0 amide bonds. The summed E-state index contributed by atoms with van der Waals surface area (Å²) in [6.45, 7) is 6.61. The molecule has 4 rings (SSSR count). The second-order valence-electron chi connectivity index (χ2n) is 6.08. The topological polar surface area (TPSA) is 12.5 Å². The summed E-state index contributed by atoms with van der Waals surface area (Å²) in [7, 11) is 0. The summed E-state index contributed by atoms with van der Waals surface area (Å²) < 4.78 is 6.22. The average molecular weight is 241 g/mol. The first-order valence-electron chi connectivity index (χ1n) is 6.87. The van der Waals surface area contributed by atoms with E-state index >= 15 is 0 Å². The molecule has 3 aliphatic rings. The number of hydrogen-bond acceptors (Lipinski definition) is 2. The van der Waals surface area contributed by atoms with Crippen LogP contribution in [0, 0.1) is 18.8 Å². The van der Waals surface area contributed by atoms with Crippen molar-refractivity contribution in [1.29, 1.82) is 0 Å². The zero-order valence-corrected chi connectivity index (χ0v) is 11.0. The van der Waals surface area contributed by atoms with Crippen molar-refractivity contribution in [3.63, 3.8) is 0 Å². The Morgan fingerprint density at radius 3 is 2.78 bits per heavy atom. The van der Waals surface area contributed by atoms with Crippen molar-refractivity contribution in [3.8, 4) is 0 Å². The van der Waals surface area contributed by atoms with Crippen molar-refractivity contribution in [2.24, 2.45) is 11.8 Å². The third-order valence-corrected chi connectivity index (χ3v) is 4.96. The Morgan fingerprint density at radius 1 is 1.28 bits per heavy atom. The Kier molecular flexibility index (Phi) is 2.00.